The number of para-hydroxylation sites is 1. The van der Waals surface area contributed by atoms with Gasteiger partial charge in [0.15, 0.2) is 5.13 Å². The Morgan fingerprint density at radius 1 is 1.19 bits per heavy atom. The standard InChI is InChI=1S/C19H24N4O2S/c1-14-9-11-23(12-10-14)17(24)8-7-16-13-26-19(21-16)22-18(25)20-15-5-3-2-4-6-15/h2-6,13-14H,7-12H2,1H3,(H2,20,21,22,25). The number of thiazole rings is 1. The van der Waals surface area contributed by atoms with Crippen molar-refractivity contribution in [1.82, 2.24) is 9.88 Å². The summed E-state index contributed by atoms with van der Waals surface area (Å²) in [6.45, 7) is 3.96. The van der Waals surface area contributed by atoms with Crippen molar-refractivity contribution in [2.24, 2.45) is 5.92 Å². The molecule has 138 valence electrons. The second-order valence-electron chi connectivity index (χ2n) is 6.65. The normalized spacial score (nSPS) is 14.9. The molecule has 3 rings (SSSR count). The van der Waals surface area contributed by atoms with Gasteiger partial charge in [0.05, 0.1) is 5.69 Å². The van der Waals surface area contributed by atoms with Crippen LogP contribution in [-0.2, 0) is 11.2 Å². The van der Waals surface area contributed by atoms with E-state index in [0.29, 0.717) is 23.9 Å². The van der Waals surface area contributed by atoms with Crippen molar-refractivity contribution >= 4 is 34.1 Å². The minimum atomic E-state index is -0.324. The molecule has 1 aromatic heterocycles. The van der Waals surface area contributed by atoms with E-state index in [1.165, 1.54) is 11.3 Å². The molecule has 0 spiro atoms. The summed E-state index contributed by atoms with van der Waals surface area (Å²) in [4.78, 5) is 30.6. The van der Waals surface area contributed by atoms with Gasteiger partial charge in [0.25, 0.3) is 0 Å². The topological polar surface area (TPSA) is 74.3 Å². The molecule has 0 saturated carbocycles. The molecular formula is C19H24N4O2S. The lowest BCUT2D eigenvalue weighted by Crippen LogP contribution is -2.38. The van der Waals surface area contributed by atoms with Crippen LogP contribution in [0.3, 0.4) is 0 Å². The number of nitrogens with zero attached hydrogens (tertiary/aromatic N) is 2. The molecule has 1 aromatic carbocycles. The third-order valence-electron chi connectivity index (χ3n) is 4.54. The summed E-state index contributed by atoms with van der Waals surface area (Å²) in [6.07, 6.45) is 3.25. The van der Waals surface area contributed by atoms with Gasteiger partial charge in [-0.1, -0.05) is 25.1 Å². The highest BCUT2D eigenvalue weighted by Crippen LogP contribution is 2.19. The summed E-state index contributed by atoms with van der Waals surface area (Å²) < 4.78 is 0. The van der Waals surface area contributed by atoms with E-state index in [9.17, 15) is 9.59 Å². The first kappa shape index (κ1) is 18.4. The SMILES string of the molecule is CC1CCN(C(=O)CCc2csc(NC(=O)Nc3ccccc3)n2)CC1. The quantitative estimate of drug-likeness (QED) is 0.834. The molecule has 2 N–H and O–H groups in total. The molecule has 1 saturated heterocycles. The second-order valence-corrected chi connectivity index (χ2v) is 7.51. The zero-order valence-electron chi connectivity index (χ0n) is 14.9. The van der Waals surface area contributed by atoms with Crippen LogP contribution in [0.5, 0.6) is 0 Å². The van der Waals surface area contributed by atoms with E-state index in [2.05, 4.69) is 22.5 Å². The Balaban J connectivity index is 1.44. The predicted octanol–water partition coefficient (Wildman–Crippen LogP) is 3.98. The van der Waals surface area contributed by atoms with Gasteiger partial charge in [-0.15, -0.1) is 11.3 Å². The predicted molar refractivity (Wildman–Crippen MR) is 104 cm³/mol. The minimum absolute atomic E-state index is 0.196. The van der Waals surface area contributed by atoms with Crippen molar-refractivity contribution < 1.29 is 9.59 Å². The zero-order valence-corrected chi connectivity index (χ0v) is 15.7. The van der Waals surface area contributed by atoms with Crippen LogP contribution in [0.2, 0.25) is 0 Å². The summed E-state index contributed by atoms with van der Waals surface area (Å²) in [5.74, 6) is 0.912. The number of piperidine rings is 1. The van der Waals surface area contributed by atoms with E-state index in [1.54, 1.807) is 0 Å². The lowest BCUT2D eigenvalue weighted by atomic mass is 9.99. The van der Waals surface area contributed by atoms with Crippen molar-refractivity contribution in [2.75, 3.05) is 23.7 Å². The van der Waals surface area contributed by atoms with Crippen molar-refractivity contribution in [2.45, 2.75) is 32.6 Å². The van der Waals surface area contributed by atoms with Crippen LogP contribution in [0.25, 0.3) is 0 Å². The monoisotopic (exact) mass is 372 g/mol. The van der Waals surface area contributed by atoms with E-state index in [1.807, 2.05) is 40.6 Å². The fourth-order valence-corrected chi connectivity index (χ4v) is 3.65. The van der Waals surface area contributed by atoms with E-state index < -0.39 is 0 Å². The number of nitrogens with one attached hydrogen (secondary N) is 2. The largest absolute Gasteiger partial charge is 0.343 e. The Bertz CT molecular complexity index is 739. The Hall–Kier alpha value is -2.41. The first-order valence-corrected chi connectivity index (χ1v) is 9.83. The molecule has 2 heterocycles. The lowest BCUT2D eigenvalue weighted by Gasteiger charge is -2.30. The van der Waals surface area contributed by atoms with Gasteiger partial charge >= 0.3 is 6.03 Å². The number of urea groups is 1. The van der Waals surface area contributed by atoms with Gasteiger partial charge in [0.1, 0.15) is 0 Å². The molecule has 6 nitrogen and oxygen atoms in total. The van der Waals surface area contributed by atoms with Crippen LogP contribution < -0.4 is 10.6 Å². The van der Waals surface area contributed by atoms with Gasteiger partial charge in [0.2, 0.25) is 5.91 Å². The number of hydrogen-bond donors (Lipinski definition) is 2. The molecule has 0 atom stereocenters. The van der Waals surface area contributed by atoms with Gasteiger partial charge in [0, 0.05) is 30.6 Å². The highest BCUT2D eigenvalue weighted by atomic mass is 32.1. The summed E-state index contributed by atoms with van der Waals surface area (Å²) in [6, 6.07) is 8.92. The number of aryl methyl sites for hydroxylation is 1. The Morgan fingerprint density at radius 2 is 1.92 bits per heavy atom. The summed E-state index contributed by atoms with van der Waals surface area (Å²) in [7, 11) is 0. The maximum atomic E-state index is 12.3. The van der Waals surface area contributed by atoms with Crippen LogP contribution in [0.15, 0.2) is 35.7 Å². The summed E-state index contributed by atoms with van der Waals surface area (Å²) in [5, 5.41) is 7.91. The van der Waals surface area contributed by atoms with Gasteiger partial charge in [-0.3, -0.25) is 10.1 Å². The van der Waals surface area contributed by atoms with Gasteiger partial charge < -0.3 is 10.2 Å². The van der Waals surface area contributed by atoms with Crippen LogP contribution in [0.4, 0.5) is 15.6 Å². The fraction of sp³-hybridized carbons (Fsp3) is 0.421. The summed E-state index contributed by atoms with van der Waals surface area (Å²) in [5.41, 5.74) is 1.56. The molecular weight excluding hydrogens is 348 g/mol. The van der Waals surface area contributed by atoms with E-state index >= 15 is 0 Å². The average molecular weight is 372 g/mol. The molecule has 2 aromatic rings. The fourth-order valence-electron chi connectivity index (χ4n) is 2.91. The smallest absolute Gasteiger partial charge is 0.325 e. The molecule has 7 heteroatoms. The number of carbonyl (C=O) groups is 2. The number of anilines is 2. The molecule has 0 unspecified atom stereocenters. The summed E-state index contributed by atoms with van der Waals surface area (Å²) >= 11 is 1.37. The van der Waals surface area contributed by atoms with Crippen LogP contribution >= 0.6 is 11.3 Å². The number of carbonyl (C=O) groups excluding carboxylic acids is 2. The van der Waals surface area contributed by atoms with Gasteiger partial charge in [-0.05, 0) is 37.3 Å². The molecule has 3 amide bonds. The van der Waals surface area contributed by atoms with Crippen molar-refractivity contribution in [3.8, 4) is 0 Å². The van der Waals surface area contributed by atoms with Crippen molar-refractivity contribution in [3.63, 3.8) is 0 Å². The highest BCUT2D eigenvalue weighted by Gasteiger charge is 2.20. The average Bonchev–Trinajstić information content (AvgIpc) is 3.08. The third-order valence-corrected chi connectivity index (χ3v) is 5.34. The highest BCUT2D eigenvalue weighted by molar-refractivity contribution is 7.13. The number of aromatic nitrogens is 1. The van der Waals surface area contributed by atoms with Gasteiger partial charge in [-0.25, -0.2) is 9.78 Å². The number of benzene rings is 1. The maximum absolute atomic E-state index is 12.3. The van der Waals surface area contributed by atoms with Crippen LogP contribution in [0, 0.1) is 5.92 Å². The molecule has 1 fully saturated rings. The molecule has 0 aliphatic carbocycles. The first-order chi connectivity index (χ1) is 12.6. The first-order valence-electron chi connectivity index (χ1n) is 8.95. The van der Waals surface area contributed by atoms with Crippen LogP contribution in [0.1, 0.15) is 31.9 Å². The Morgan fingerprint density at radius 3 is 2.65 bits per heavy atom. The van der Waals surface area contributed by atoms with E-state index in [-0.39, 0.29) is 11.9 Å². The number of amides is 3. The number of hydrogen-bond acceptors (Lipinski definition) is 4. The second kappa shape index (κ2) is 8.80. The van der Waals surface area contributed by atoms with E-state index in [4.69, 9.17) is 0 Å². The molecule has 0 bridgehead atoms. The molecule has 1 aliphatic rings. The number of likely N-dealkylation sites (tertiary alicyclic amines) is 1. The molecule has 1 aliphatic heterocycles. The van der Waals surface area contributed by atoms with E-state index in [0.717, 1.165) is 37.3 Å². The maximum Gasteiger partial charge on any atom is 0.325 e. The third kappa shape index (κ3) is 5.29. The lowest BCUT2D eigenvalue weighted by molar-refractivity contribution is -0.132. The minimum Gasteiger partial charge on any atom is -0.343 e. The number of rotatable bonds is 5. The van der Waals surface area contributed by atoms with Crippen molar-refractivity contribution in [3.05, 3.63) is 41.4 Å². The van der Waals surface area contributed by atoms with Gasteiger partial charge in [-0.2, -0.15) is 0 Å². The Labute approximate surface area is 157 Å². The van der Waals surface area contributed by atoms with Crippen LogP contribution in [-0.4, -0.2) is 34.9 Å². The molecule has 26 heavy (non-hydrogen) atoms. The van der Waals surface area contributed by atoms with Crippen molar-refractivity contribution in [1.29, 1.82) is 0 Å². The Kier molecular flexibility index (Phi) is 6.22. The molecule has 0 radical (unpaired) electrons. The zero-order chi connectivity index (χ0) is 18.4.